The molecule has 1 amide bonds. The number of benzene rings is 1. The van der Waals surface area contributed by atoms with E-state index in [0.29, 0.717) is 11.1 Å². The summed E-state index contributed by atoms with van der Waals surface area (Å²) in [7, 11) is 0. The topological polar surface area (TPSA) is 37.6 Å². The Hall–Kier alpha value is -2.59. The Balaban J connectivity index is 1.75. The average molecular weight is 394 g/mol. The third kappa shape index (κ3) is 3.57. The van der Waals surface area contributed by atoms with Gasteiger partial charge in [-0.2, -0.15) is 5.10 Å². The molecular weight excluding hydrogens is 370 g/mol. The Morgan fingerprint density at radius 2 is 2.04 bits per heavy atom. The van der Waals surface area contributed by atoms with Gasteiger partial charge in [-0.3, -0.25) is 4.79 Å². The van der Waals surface area contributed by atoms with E-state index in [1.807, 2.05) is 59.6 Å². The number of halogens is 1. The largest absolute Gasteiger partial charge is 0.336 e. The first-order valence-corrected chi connectivity index (χ1v) is 10.3. The van der Waals surface area contributed by atoms with Crippen LogP contribution in [0.3, 0.4) is 0 Å². The van der Waals surface area contributed by atoms with Gasteiger partial charge in [0.2, 0.25) is 5.91 Å². The molecule has 1 aliphatic heterocycles. The Morgan fingerprint density at radius 1 is 1.21 bits per heavy atom. The molecule has 28 heavy (non-hydrogen) atoms. The summed E-state index contributed by atoms with van der Waals surface area (Å²) < 4.78 is 1.78. The number of rotatable bonds is 4. The van der Waals surface area contributed by atoms with Crippen molar-refractivity contribution in [1.82, 2.24) is 14.5 Å². The Morgan fingerprint density at radius 3 is 2.82 bits per heavy atom. The second kappa shape index (κ2) is 8.19. The summed E-state index contributed by atoms with van der Waals surface area (Å²) >= 11 is 6.48. The van der Waals surface area contributed by atoms with Crippen molar-refractivity contribution in [3.05, 3.63) is 65.3 Å². The highest BCUT2D eigenvalue weighted by Crippen LogP contribution is 2.31. The van der Waals surface area contributed by atoms with E-state index in [1.54, 1.807) is 10.6 Å². The molecular formula is C23H24ClN3O. The lowest BCUT2D eigenvalue weighted by atomic mass is 10.00. The molecule has 0 aliphatic carbocycles. The first-order chi connectivity index (χ1) is 13.7. The van der Waals surface area contributed by atoms with Crippen molar-refractivity contribution in [2.75, 3.05) is 6.54 Å². The number of amides is 1. The molecule has 2 aromatic heterocycles. The van der Waals surface area contributed by atoms with Crippen LogP contribution in [0.25, 0.3) is 22.9 Å². The molecule has 3 aromatic rings. The number of aromatic nitrogens is 2. The summed E-state index contributed by atoms with van der Waals surface area (Å²) in [5.74, 6) is 0.0666. The van der Waals surface area contributed by atoms with E-state index in [4.69, 9.17) is 16.7 Å². The first-order valence-electron chi connectivity index (χ1n) is 9.90. The number of pyridine rings is 1. The zero-order valence-corrected chi connectivity index (χ0v) is 16.8. The lowest BCUT2D eigenvalue weighted by Gasteiger charge is -2.34. The zero-order chi connectivity index (χ0) is 19.5. The van der Waals surface area contributed by atoms with Crippen LogP contribution in [-0.2, 0) is 4.79 Å². The highest BCUT2D eigenvalue weighted by Gasteiger charge is 2.24. The highest BCUT2D eigenvalue weighted by molar-refractivity contribution is 6.34. The molecule has 0 radical (unpaired) electrons. The molecule has 0 N–H and O–H groups in total. The molecule has 1 aromatic carbocycles. The van der Waals surface area contributed by atoms with Crippen LogP contribution < -0.4 is 0 Å². The van der Waals surface area contributed by atoms with E-state index in [2.05, 4.69) is 6.92 Å². The molecule has 144 valence electrons. The van der Waals surface area contributed by atoms with Crippen LogP contribution >= 0.6 is 11.6 Å². The number of carbonyl (C=O) groups excluding carboxylic acids is 1. The minimum atomic E-state index is 0.0666. The Bertz CT molecular complexity index is 1010. The maximum absolute atomic E-state index is 12.9. The first kappa shape index (κ1) is 18.8. The number of carbonyl (C=O) groups is 1. The minimum absolute atomic E-state index is 0.0666. The molecule has 1 aliphatic rings. The summed E-state index contributed by atoms with van der Waals surface area (Å²) in [5.41, 5.74) is 3.51. The second-order valence-electron chi connectivity index (χ2n) is 7.20. The molecule has 4 nitrogen and oxygen atoms in total. The summed E-state index contributed by atoms with van der Waals surface area (Å²) in [5, 5.41) is 5.34. The van der Waals surface area contributed by atoms with Gasteiger partial charge in [-0.15, -0.1) is 0 Å². The molecule has 1 saturated heterocycles. The van der Waals surface area contributed by atoms with Crippen molar-refractivity contribution < 1.29 is 4.79 Å². The predicted octanol–water partition coefficient (Wildman–Crippen LogP) is 5.46. The molecule has 1 atom stereocenters. The van der Waals surface area contributed by atoms with Gasteiger partial charge in [-0.25, -0.2) is 4.52 Å². The van der Waals surface area contributed by atoms with Crippen LogP contribution in [0.1, 0.15) is 38.2 Å². The summed E-state index contributed by atoms with van der Waals surface area (Å²) in [6.45, 7) is 2.99. The highest BCUT2D eigenvalue weighted by atomic mass is 35.5. The second-order valence-corrected chi connectivity index (χ2v) is 7.61. The van der Waals surface area contributed by atoms with Crippen molar-refractivity contribution in [1.29, 1.82) is 0 Å². The van der Waals surface area contributed by atoms with Gasteiger partial charge in [0.25, 0.3) is 0 Å². The quantitative estimate of drug-likeness (QED) is 0.552. The molecule has 0 spiro atoms. The fourth-order valence-corrected chi connectivity index (χ4v) is 4.27. The van der Waals surface area contributed by atoms with Crippen molar-refractivity contribution in [3.63, 3.8) is 0 Å². The van der Waals surface area contributed by atoms with Crippen LogP contribution in [0.5, 0.6) is 0 Å². The van der Waals surface area contributed by atoms with Crippen LogP contribution in [0, 0.1) is 0 Å². The molecule has 0 saturated carbocycles. The standard InChI is InChI=1S/C23H24ClN3O/c1-2-18-11-6-7-15-26(18)21(28)14-13-19-22(17-9-4-3-5-10-17)25-27-16-8-12-20(24)23(19)27/h3-5,8-10,12-14,16,18H,2,6-7,11,15H2,1H3. The fraction of sp³-hybridized carbons (Fsp3) is 0.304. The molecule has 0 bridgehead atoms. The van der Waals surface area contributed by atoms with Crippen molar-refractivity contribution in [2.45, 2.75) is 38.6 Å². The molecule has 1 fully saturated rings. The minimum Gasteiger partial charge on any atom is -0.336 e. The van der Waals surface area contributed by atoms with Gasteiger partial charge in [0.05, 0.1) is 10.5 Å². The van der Waals surface area contributed by atoms with Crippen molar-refractivity contribution in [2.24, 2.45) is 0 Å². The SMILES string of the molecule is CCC1CCCCN1C(=O)C=Cc1c(-c2ccccc2)nn2cccc(Cl)c12. The molecule has 4 rings (SSSR count). The fourth-order valence-electron chi connectivity index (χ4n) is 4.01. The van der Waals surface area contributed by atoms with Gasteiger partial charge in [0, 0.05) is 36.0 Å². The number of hydrogen-bond donors (Lipinski definition) is 0. The van der Waals surface area contributed by atoms with Gasteiger partial charge < -0.3 is 4.90 Å². The average Bonchev–Trinajstić information content (AvgIpc) is 3.12. The van der Waals surface area contributed by atoms with Gasteiger partial charge >= 0.3 is 0 Å². The van der Waals surface area contributed by atoms with Crippen molar-refractivity contribution in [3.8, 4) is 11.3 Å². The van der Waals surface area contributed by atoms with Gasteiger partial charge in [0.1, 0.15) is 5.69 Å². The van der Waals surface area contributed by atoms with Crippen LogP contribution in [0.15, 0.2) is 54.7 Å². The van der Waals surface area contributed by atoms with Gasteiger partial charge in [0.15, 0.2) is 0 Å². The van der Waals surface area contributed by atoms with E-state index in [1.165, 1.54) is 6.42 Å². The van der Waals surface area contributed by atoms with E-state index in [9.17, 15) is 4.79 Å². The van der Waals surface area contributed by atoms with E-state index in [0.717, 1.165) is 48.1 Å². The number of nitrogens with zero attached hydrogens (tertiary/aromatic N) is 3. The number of piperidine rings is 1. The van der Waals surface area contributed by atoms with Crippen LogP contribution in [-0.4, -0.2) is 33.0 Å². The third-order valence-electron chi connectivity index (χ3n) is 5.46. The number of likely N-dealkylation sites (tertiary alicyclic amines) is 1. The maximum Gasteiger partial charge on any atom is 0.246 e. The Labute approximate surface area is 170 Å². The molecule has 5 heteroatoms. The maximum atomic E-state index is 12.9. The van der Waals surface area contributed by atoms with Crippen LogP contribution in [0.4, 0.5) is 0 Å². The smallest absolute Gasteiger partial charge is 0.246 e. The van der Waals surface area contributed by atoms with E-state index < -0.39 is 0 Å². The van der Waals surface area contributed by atoms with Crippen molar-refractivity contribution >= 4 is 29.1 Å². The summed E-state index contributed by atoms with van der Waals surface area (Å²) in [6, 6.07) is 14.1. The van der Waals surface area contributed by atoms with E-state index >= 15 is 0 Å². The van der Waals surface area contributed by atoms with Crippen LogP contribution in [0.2, 0.25) is 5.02 Å². The summed E-state index contributed by atoms with van der Waals surface area (Å²) in [4.78, 5) is 14.9. The molecule has 3 heterocycles. The summed E-state index contributed by atoms with van der Waals surface area (Å²) in [6.07, 6.45) is 9.80. The Kier molecular flexibility index (Phi) is 5.49. The van der Waals surface area contributed by atoms with Gasteiger partial charge in [-0.05, 0) is 43.9 Å². The van der Waals surface area contributed by atoms with E-state index in [-0.39, 0.29) is 5.91 Å². The normalized spacial score (nSPS) is 17.5. The van der Waals surface area contributed by atoms with Gasteiger partial charge in [-0.1, -0.05) is 48.9 Å². The number of hydrogen-bond acceptors (Lipinski definition) is 2. The predicted molar refractivity (Wildman–Crippen MR) is 114 cm³/mol. The number of fused-ring (bicyclic) bond motifs is 1. The third-order valence-corrected chi connectivity index (χ3v) is 5.77. The molecule has 1 unspecified atom stereocenters. The monoisotopic (exact) mass is 393 g/mol. The lowest BCUT2D eigenvalue weighted by Crippen LogP contribution is -2.42. The lowest BCUT2D eigenvalue weighted by molar-refractivity contribution is -0.129. The zero-order valence-electron chi connectivity index (χ0n) is 16.0.